The van der Waals surface area contributed by atoms with Gasteiger partial charge in [0.1, 0.15) is 11.6 Å². The van der Waals surface area contributed by atoms with Gasteiger partial charge in [-0.05, 0) is 49.7 Å². The Labute approximate surface area is 214 Å². The molecule has 5 aromatic rings. The van der Waals surface area contributed by atoms with Crippen molar-refractivity contribution in [1.82, 2.24) is 33.6 Å². The summed E-state index contributed by atoms with van der Waals surface area (Å²) in [5, 5.41) is 18.8. The average molecular weight is 520 g/mol. The van der Waals surface area contributed by atoms with Crippen LogP contribution in [-0.4, -0.2) is 51.3 Å². The van der Waals surface area contributed by atoms with E-state index < -0.39 is 23.6 Å². The SMILES string of the molecule is Cc1cc(-n2nc3c(c2-n2ccn(-c4ccc5c(cnn5C)c4F)c2=O)[C@H](C)N(C(=O)O)CC3)ccc1F. The van der Waals surface area contributed by atoms with Gasteiger partial charge in [0, 0.05) is 38.0 Å². The molecular formula is C26H23F2N7O3. The number of fused-ring (bicyclic) bond motifs is 2. The van der Waals surface area contributed by atoms with Crippen molar-refractivity contribution in [1.29, 1.82) is 0 Å². The second-order valence-electron chi connectivity index (χ2n) is 9.35. The second-order valence-corrected chi connectivity index (χ2v) is 9.35. The lowest BCUT2D eigenvalue weighted by molar-refractivity contribution is 0.124. The van der Waals surface area contributed by atoms with Crippen LogP contribution in [0.1, 0.15) is 29.8 Å². The highest BCUT2D eigenvalue weighted by Gasteiger charge is 2.35. The molecule has 0 aliphatic carbocycles. The first kappa shape index (κ1) is 23.6. The molecule has 0 fully saturated rings. The molecule has 6 rings (SSSR count). The summed E-state index contributed by atoms with van der Waals surface area (Å²) in [5.41, 5.74) is 2.14. The van der Waals surface area contributed by atoms with Crippen LogP contribution in [0.15, 0.2) is 53.7 Å². The zero-order chi connectivity index (χ0) is 26.9. The summed E-state index contributed by atoms with van der Waals surface area (Å²) in [5.74, 6) is -0.663. The fourth-order valence-electron chi connectivity index (χ4n) is 5.18. The van der Waals surface area contributed by atoms with Gasteiger partial charge in [0.25, 0.3) is 0 Å². The van der Waals surface area contributed by atoms with E-state index in [9.17, 15) is 19.1 Å². The Morgan fingerprint density at radius 3 is 2.63 bits per heavy atom. The van der Waals surface area contributed by atoms with Gasteiger partial charge in [0.2, 0.25) is 0 Å². The highest BCUT2D eigenvalue weighted by molar-refractivity contribution is 5.81. The molecule has 1 N–H and O–H groups in total. The van der Waals surface area contributed by atoms with E-state index in [1.54, 1.807) is 43.8 Å². The van der Waals surface area contributed by atoms with Crippen LogP contribution in [0.25, 0.3) is 28.1 Å². The Morgan fingerprint density at radius 1 is 1.13 bits per heavy atom. The van der Waals surface area contributed by atoms with Gasteiger partial charge in [-0.1, -0.05) is 0 Å². The lowest BCUT2D eigenvalue weighted by atomic mass is 10.00. The molecule has 10 nitrogen and oxygen atoms in total. The molecule has 1 amide bonds. The predicted molar refractivity (Wildman–Crippen MR) is 134 cm³/mol. The summed E-state index contributed by atoms with van der Waals surface area (Å²) in [6.45, 7) is 3.60. The minimum Gasteiger partial charge on any atom is -0.465 e. The molecule has 3 aromatic heterocycles. The van der Waals surface area contributed by atoms with Crippen LogP contribution in [0.4, 0.5) is 13.6 Å². The Morgan fingerprint density at radius 2 is 1.89 bits per heavy atom. The summed E-state index contributed by atoms with van der Waals surface area (Å²) in [4.78, 5) is 27.0. The Kier molecular flexibility index (Phi) is 5.23. The van der Waals surface area contributed by atoms with E-state index >= 15 is 4.39 Å². The lowest BCUT2D eigenvalue weighted by Crippen LogP contribution is -2.38. The van der Waals surface area contributed by atoms with Crippen LogP contribution in [-0.2, 0) is 13.5 Å². The summed E-state index contributed by atoms with van der Waals surface area (Å²) in [7, 11) is 1.70. The van der Waals surface area contributed by atoms with Gasteiger partial charge in [-0.15, -0.1) is 0 Å². The number of halogens is 2. The van der Waals surface area contributed by atoms with E-state index in [-0.39, 0.29) is 23.4 Å². The number of hydrogen-bond donors (Lipinski definition) is 1. The number of carboxylic acid groups (broad SMARTS) is 1. The van der Waals surface area contributed by atoms with Gasteiger partial charge in [-0.3, -0.25) is 13.8 Å². The predicted octanol–water partition coefficient (Wildman–Crippen LogP) is 3.88. The van der Waals surface area contributed by atoms with E-state index in [1.165, 1.54) is 49.4 Å². The van der Waals surface area contributed by atoms with E-state index in [4.69, 9.17) is 5.10 Å². The zero-order valence-electron chi connectivity index (χ0n) is 20.8. The molecule has 0 unspecified atom stereocenters. The number of nitrogens with zero attached hydrogens (tertiary/aromatic N) is 7. The standard InChI is InChI=1S/C26H23F2N7O3/c1-14-12-16(4-5-18(14)27)35-24(22-15(2)32(26(37)38)9-8-19(22)30-35)34-11-10-33(25(34)36)21-7-6-20-17(23(21)28)13-29-31(20)3/h4-7,10-13,15H,8-9H2,1-3H3,(H,37,38)/t15-/m0/s1. The van der Waals surface area contributed by atoms with E-state index in [2.05, 4.69) is 5.10 Å². The summed E-state index contributed by atoms with van der Waals surface area (Å²) < 4.78 is 35.1. The van der Waals surface area contributed by atoms with Crippen LogP contribution >= 0.6 is 0 Å². The first-order valence-electron chi connectivity index (χ1n) is 12.0. The molecule has 1 aliphatic heterocycles. The molecule has 12 heteroatoms. The summed E-state index contributed by atoms with van der Waals surface area (Å²) in [6.07, 6.45) is 3.60. The van der Waals surface area contributed by atoms with Crippen LogP contribution in [0.5, 0.6) is 0 Å². The molecule has 0 spiro atoms. The molecule has 0 bridgehead atoms. The number of hydrogen-bond acceptors (Lipinski definition) is 4. The van der Waals surface area contributed by atoms with Crippen molar-refractivity contribution >= 4 is 17.0 Å². The van der Waals surface area contributed by atoms with Crippen LogP contribution < -0.4 is 5.69 Å². The minimum atomic E-state index is -1.09. The van der Waals surface area contributed by atoms with Crippen molar-refractivity contribution in [2.24, 2.45) is 7.05 Å². The third-order valence-corrected chi connectivity index (χ3v) is 7.19. The van der Waals surface area contributed by atoms with Gasteiger partial charge in [0.15, 0.2) is 5.82 Å². The number of amides is 1. The maximum Gasteiger partial charge on any atom is 0.407 e. The topological polar surface area (TPSA) is 103 Å². The zero-order valence-corrected chi connectivity index (χ0v) is 20.8. The Hall–Kier alpha value is -4.74. The van der Waals surface area contributed by atoms with Crippen molar-refractivity contribution in [2.75, 3.05) is 6.54 Å². The van der Waals surface area contributed by atoms with Gasteiger partial charge >= 0.3 is 11.8 Å². The van der Waals surface area contributed by atoms with Gasteiger partial charge < -0.3 is 10.0 Å². The Balaban J connectivity index is 1.59. The smallest absolute Gasteiger partial charge is 0.407 e. The molecule has 0 saturated carbocycles. The number of aromatic nitrogens is 6. The normalized spacial score (nSPS) is 15.3. The number of carbonyl (C=O) groups is 1. The minimum absolute atomic E-state index is 0.0482. The van der Waals surface area contributed by atoms with Crippen molar-refractivity contribution < 1.29 is 18.7 Å². The third-order valence-electron chi connectivity index (χ3n) is 7.19. The van der Waals surface area contributed by atoms with Crippen LogP contribution in [0.2, 0.25) is 0 Å². The highest BCUT2D eigenvalue weighted by atomic mass is 19.1. The molecule has 0 radical (unpaired) electrons. The van der Waals surface area contributed by atoms with E-state index in [1.807, 2.05) is 0 Å². The fourth-order valence-corrected chi connectivity index (χ4v) is 5.18. The quantitative estimate of drug-likeness (QED) is 0.390. The van der Waals surface area contributed by atoms with Gasteiger partial charge in [-0.25, -0.2) is 23.1 Å². The molecule has 194 valence electrons. The molecule has 4 heterocycles. The maximum absolute atomic E-state index is 15.5. The summed E-state index contributed by atoms with van der Waals surface area (Å²) >= 11 is 0. The van der Waals surface area contributed by atoms with Crippen molar-refractivity contribution in [3.63, 3.8) is 0 Å². The second kappa shape index (κ2) is 8.40. The average Bonchev–Trinajstić information content (AvgIpc) is 3.57. The van der Waals surface area contributed by atoms with Gasteiger partial charge in [0.05, 0.1) is 40.2 Å². The number of rotatable bonds is 3. The third kappa shape index (κ3) is 3.36. The lowest BCUT2D eigenvalue weighted by Gasteiger charge is -2.31. The molecular weight excluding hydrogens is 496 g/mol. The molecule has 1 aliphatic rings. The number of aryl methyl sites for hydroxylation is 2. The van der Waals surface area contributed by atoms with Crippen molar-refractivity contribution in [3.8, 4) is 17.2 Å². The first-order chi connectivity index (χ1) is 18.2. The van der Waals surface area contributed by atoms with Gasteiger partial charge in [-0.2, -0.15) is 10.2 Å². The number of benzene rings is 2. The fraction of sp³-hybridized carbons (Fsp3) is 0.231. The van der Waals surface area contributed by atoms with Crippen molar-refractivity contribution in [2.45, 2.75) is 26.3 Å². The molecule has 2 aromatic carbocycles. The highest BCUT2D eigenvalue weighted by Crippen LogP contribution is 2.35. The van der Waals surface area contributed by atoms with E-state index in [0.29, 0.717) is 40.3 Å². The number of imidazole rings is 1. The maximum atomic E-state index is 15.5. The first-order valence-corrected chi connectivity index (χ1v) is 12.0. The van der Waals surface area contributed by atoms with Crippen LogP contribution in [0.3, 0.4) is 0 Å². The van der Waals surface area contributed by atoms with E-state index in [0.717, 1.165) is 0 Å². The monoisotopic (exact) mass is 519 g/mol. The summed E-state index contributed by atoms with van der Waals surface area (Å²) in [6, 6.07) is 7.05. The molecule has 1 atom stereocenters. The Bertz CT molecular complexity index is 1810. The van der Waals surface area contributed by atoms with Crippen molar-refractivity contribution in [3.05, 3.63) is 87.9 Å². The van der Waals surface area contributed by atoms with Crippen LogP contribution in [0, 0.1) is 18.6 Å². The molecule has 38 heavy (non-hydrogen) atoms. The molecule has 0 saturated heterocycles. The largest absolute Gasteiger partial charge is 0.465 e.